The molecule has 0 saturated carbocycles. The Kier molecular flexibility index (Phi) is 5.17. The predicted molar refractivity (Wildman–Crippen MR) is 69.4 cm³/mol. The summed E-state index contributed by atoms with van der Waals surface area (Å²) in [6.07, 6.45) is 5.65. The molecule has 0 unspecified atom stereocenters. The second-order valence-corrected chi connectivity index (χ2v) is 6.28. The fourth-order valence-electron chi connectivity index (χ4n) is 2.57. The van der Waals surface area contributed by atoms with E-state index in [1.165, 1.54) is 9.45 Å². The number of hydrogen-bond acceptors (Lipinski definition) is 3. The summed E-state index contributed by atoms with van der Waals surface area (Å²) in [6.45, 7) is 0.990. The van der Waals surface area contributed by atoms with E-state index in [9.17, 15) is 0 Å². The van der Waals surface area contributed by atoms with Gasteiger partial charge in [-0.25, -0.2) is 0 Å². The van der Waals surface area contributed by atoms with Gasteiger partial charge in [0.2, 0.25) is 0 Å². The van der Waals surface area contributed by atoms with Gasteiger partial charge in [0.25, 0.3) is 0 Å². The normalized spacial score (nSPS) is 16.9. The average Bonchev–Trinajstić information content (AvgIpc) is 2.59. The van der Waals surface area contributed by atoms with Crippen LogP contribution in [0.1, 0.15) is 6.42 Å². The second kappa shape index (κ2) is 5.81. The van der Waals surface area contributed by atoms with Gasteiger partial charge in [0.1, 0.15) is 0 Å². The van der Waals surface area contributed by atoms with Gasteiger partial charge in [-0.1, -0.05) is 0 Å². The van der Waals surface area contributed by atoms with E-state index >= 15 is 0 Å². The Bertz CT molecular complexity index is 322. The molecule has 0 spiro atoms. The molecule has 1 rings (SSSR count). The molecule has 0 fully saturated rings. The SMILES string of the molecule is CN(C)CC(C1=[C]([Ti])CC=C1)(N(C)C)N(C)C. The van der Waals surface area contributed by atoms with E-state index in [2.05, 4.69) is 89.6 Å². The van der Waals surface area contributed by atoms with Crippen LogP contribution in [0.3, 0.4) is 0 Å². The van der Waals surface area contributed by atoms with Crippen LogP contribution in [0, 0.1) is 0 Å². The molecule has 0 aromatic carbocycles. The maximum absolute atomic E-state index is 2.32. The Morgan fingerprint density at radius 2 is 1.65 bits per heavy atom. The Hall–Kier alpha value is 0.0743. The topological polar surface area (TPSA) is 9.72 Å². The first-order valence-electron chi connectivity index (χ1n) is 5.93. The number of hydrogen-bond donors (Lipinski definition) is 0. The molecule has 95 valence electrons. The molecule has 17 heavy (non-hydrogen) atoms. The molecule has 0 aromatic rings. The molecule has 4 heteroatoms. The molecule has 0 radical (unpaired) electrons. The van der Waals surface area contributed by atoms with E-state index in [0.717, 1.165) is 13.0 Å². The van der Waals surface area contributed by atoms with Crippen molar-refractivity contribution in [1.29, 1.82) is 0 Å². The van der Waals surface area contributed by atoms with Crippen molar-refractivity contribution in [3.05, 3.63) is 21.6 Å². The van der Waals surface area contributed by atoms with Crippen molar-refractivity contribution in [3.8, 4) is 0 Å². The van der Waals surface area contributed by atoms with E-state index in [1.807, 2.05) is 0 Å². The predicted octanol–water partition coefficient (Wildman–Crippen LogP) is 1.13. The van der Waals surface area contributed by atoms with E-state index in [1.54, 1.807) is 0 Å². The number of nitrogens with zero attached hydrogens (tertiary/aromatic N) is 3. The van der Waals surface area contributed by atoms with E-state index in [0.29, 0.717) is 0 Å². The zero-order valence-electron chi connectivity index (χ0n) is 11.9. The number of likely N-dealkylation sites (N-methyl/N-ethyl adjacent to an activating group) is 3. The third-order valence-corrected chi connectivity index (χ3v) is 4.12. The van der Waals surface area contributed by atoms with Crippen molar-refractivity contribution in [2.75, 3.05) is 48.8 Å². The van der Waals surface area contributed by atoms with Crippen LogP contribution >= 0.6 is 0 Å². The van der Waals surface area contributed by atoms with Gasteiger partial charge in [-0.3, -0.25) is 0 Å². The monoisotopic (exact) mass is 270 g/mol. The van der Waals surface area contributed by atoms with E-state index in [-0.39, 0.29) is 5.66 Å². The summed E-state index contributed by atoms with van der Waals surface area (Å²) in [5, 5.41) is 0. The van der Waals surface area contributed by atoms with Gasteiger partial charge in [-0.2, -0.15) is 0 Å². The molecule has 0 saturated heterocycles. The quantitative estimate of drug-likeness (QED) is 0.548. The van der Waals surface area contributed by atoms with E-state index < -0.39 is 0 Å². The van der Waals surface area contributed by atoms with Crippen molar-refractivity contribution in [1.82, 2.24) is 14.7 Å². The third-order valence-electron chi connectivity index (χ3n) is 3.38. The third kappa shape index (κ3) is 2.91. The van der Waals surface area contributed by atoms with Gasteiger partial charge in [0.05, 0.1) is 0 Å². The molecular weight excluding hydrogens is 246 g/mol. The second-order valence-electron chi connectivity index (χ2n) is 5.34. The summed E-state index contributed by atoms with van der Waals surface area (Å²) >= 11 is 2.24. The first-order valence-corrected chi connectivity index (χ1v) is 6.71. The Labute approximate surface area is 118 Å². The average molecular weight is 270 g/mol. The Morgan fingerprint density at radius 3 is 1.94 bits per heavy atom. The van der Waals surface area contributed by atoms with Crippen LogP contribution in [0.25, 0.3) is 0 Å². The van der Waals surface area contributed by atoms with E-state index in [4.69, 9.17) is 0 Å². The van der Waals surface area contributed by atoms with Gasteiger partial charge in [0.15, 0.2) is 0 Å². The van der Waals surface area contributed by atoms with Gasteiger partial charge >= 0.3 is 118 Å². The minimum absolute atomic E-state index is 0.0411. The van der Waals surface area contributed by atoms with Crippen LogP contribution in [-0.2, 0) is 20.4 Å². The molecule has 1 aliphatic rings. The van der Waals surface area contributed by atoms with Gasteiger partial charge in [0, 0.05) is 0 Å². The first kappa shape index (κ1) is 15.1. The number of rotatable bonds is 5. The fourth-order valence-corrected chi connectivity index (χ4v) is 3.20. The summed E-state index contributed by atoms with van der Waals surface area (Å²) in [5.41, 5.74) is 1.40. The standard InChI is InChI=1S/C13H24N3.Ti/c1-14(2)11-13(15(3)4,16(5)6)12-9-7-8-10-12;/h7,9H,8,11H2,1-6H3;. The number of allylic oxidation sites excluding steroid dienone is 2. The molecule has 0 atom stereocenters. The molecule has 3 nitrogen and oxygen atoms in total. The van der Waals surface area contributed by atoms with Crippen molar-refractivity contribution >= 4 is 0 Å². The van der Waals surface area contributed by atoms with Crippen molar-refractivity contribution in [2.24, 2.45) is 0 Å². The molecule has 0 aromatic heterocycles. The summed E-state index contributed by atoms with van der Waals surface area (Å²) in [5.74, 6) is 0. The van der Waals surface area contributed by atoms with Crippen molar-refractivity contribution in [3.63, 3.8) is 0 Å². The van der Waals surface area contributed by atoms with Crippen LogP contribution in [-0.4, -0.2) is 69.2 Å². The van der Waals surface area contributed by atoms with Crippen molar-refractivity contribution < 1.29 is 20.4 Å². The summed E-state index contributed by atoms with van der Waals surface area (Å²) < 4.78 is 1.48. The van der Waals surface area contributed by atoms with Crippen LogP contribution in [0.2, 0.25) is 0 Å². The van der Waals surface area contributed by atoms with Crippen LogP contribution in [0.4, 0.5) is 0 Å². The van der Waals surface area contributed by atoms with Gasteiger partial charge in [-0.15, -0.1) is 0 Å². The summed E-state index contributed by atoms with van der Waals surface area (Å²) in [7, 11) is 12.9. The zero-order valence-corrected chi connectivity index (χ0v) is 13.5. The van der Waals surface area contributed by atoms with Crippen LogP contribution in [0.15, 0.2) is 21.6 Å². The minimum atomic E-state index is -0.0411. The summed E-state index contributed by atoms with van der Waals surface area (Å²) in [6, 6.07) is 0. The molecule has 0 bridgehead atoms. The molecular formula is C13H24N3Ti. The maximum atomic E-state index is 2.32. The first-order chi connectivity index (χ1) is 7.82. The Morgan fingerprint density at radius 1 is 1.12 bits per heavy atom. The van der Waals surface area contributed by atoms with Crippen molar-refractivity contribution in [2.45, 2.75) is 12.1 Å². The zero-order chi connectivity index (χ0) is 13.2. The molecule has 0 heterocycles. The molecule has 1 aliphatic carbocycles. The van der Waals surface area contributed by atoms with Crippen LogP contribution < -0.4 is 0 Å². The summed E-state index contributed by atoms with van der Waals surface area (Å²) in [4.78, 5) is 6.90. The fraction of sp³-hybridized carbons (Fsp3) is 0.692. The molecule has 0 N–H and O–H groups in total. The molecule has 0 aliphatic heterocycles. The Balaban J connectivity index is 3.25. The van der Waals surface area contributed by atoms with Gasteiger partial charge < -0.3 is 0 Å². The molecule has 0 amide bonds. The van der Waals surface area contributed by atoms with Gasteiger partial charge in [-0.05, 0) is 0 Å². The van der Waals surface area contributed by atoms with Crippen LogP contribution in [0.5, 0.6) is 0 Å².